The van der Waals surface area contributed by atoms with E-state index in [4.69, 9.17) is 10.5 Å². The van der Waals surface area contributed by atoms with E-state index in [9.17, 15) is 4.79 Å². The fourth-order valence-corrected chi connectivity index (χ4v) is 1.70. The zero-order chi connectivity index (χ0) is 11.4. The van der Waals surface area contributed by atoms with Gasteiger partial charge in [0.2, 0.25) is 5.91 Å². The van der Waals surface area contributed by atoms with E-state index in [1.165, 1.54) is 10.9 Å². The van der Waals surface area contributed by atoms with E-state index in [-0.39, 0.29) is 18.6 Å². The van der Waals surface area contributed by atoms with Gasteiger partial charge in [0.05, 0.1) is 18.0 Å². The Kier molecular flexibility index (Phi) is 3.40. The number of nitrogens with one attached hydrogen (secondary N) is 1. The Hall–Kier alpha value is -1.56. The van der Waals surface area contributed by atoms with Crippen LogP contribution in [0.15, 0.2) is 12.4 Å². The molecule has 0 bridgehead atoms. The maximum atomic E-state index is 11.5. The predicted molar refractivity (Wildman–Crippen MR) is 58.6 cm³/mol. The molecule has 1 aromatic heterocycles. The summed E-state index contributed by atoms with van der Waals surface area (Å²) in [6.07, 6.45) is 5.43. The summed E-state index contributed by atoms with van der Waals surface area (Å²) in [5.41, 5.74) is 6.05. The highest BCUT2D eigenvalue weighted by molar-refractivity contribution is 5.75. The summed E-state index contributed by atoms with van der Waals surface area (Å²) in [5, 5.41) is 6.75. The standard InChI is InChI=1S/C10H16N4O2/c11-8-4-13-14(6-8)7-10(15)12-5-9-2-1-3-16-9/h4,6,9H,1-3,5,7,11H2,(H,12,15). The number of ether oxygens (including phenoxy) is 1. The smallest absolute Gasteiger partial charge is 0.241 e. The molecule has 2 heterocycles. The lowest BCUT2D eigenvalue weighted by atomic mass is 10.2. The van der Waals surface area contributed by atoms with Gasteiger partial charge in [0.15, 0.2) is 0 Å². The first-order valence-electron chi connectivity index (χ1n) is 5.40. The second kappa shape index (κ2) is 4.98. The normalized spacial score (nSPS) is 19.9. The zero-order valence-electron chi connectivity index (χ0n) is 9.06. The molecule has 6 heteroatoms. The number of nitrogens with zero attached hydrogens (tertiary/aromatic N) is 2. The molecule has 1 aliphatic rings. The average Bonchev–Trinajstić information content (AvgIpc) is 2.87. The maximum absolute atomic E-state index is 11.5. The zero-order valence-corrected chi connectivity index (χ0v) is 9.06. The molecule has 1 aliphatic heterocycles. The predicted octanol–water partition coefficient (Wildman–Crippen LogP) is -0.240. The summed E-state index contributed by atoms with van der Waals surface area (Å²) >= 11 is 0. The summed E-state index contributed by atoms with van der Waals surface area (Å²) in [7, 11) is 0. The van der Waals surface area contributed by atoms with Crippen molar-refractivity contribution < 1.29 is 9.53 Å². The third-order valence-electron chi connectivity index (χ3n) is 2.51. The van der Waals surface area contributed by atoms with Crippen molar-refractivity contribution in [2.45, 2.75) is 25.5 Å². The van der Waals surface area contributed by atoms with Gasteiger partial charge in [0, 0.05) is 19.3 Å². The first-order chi connectivity index (χ1) is 7.74. The first-order valence-corrected chi connectivity index (χ1v) is 5.40. The van der Waals surface area contributed by atoms with Gasteiger partial charge in [-0.15, -0.1) is 0 Å². The lowest BCUT2D eigenvalue weighted by molar-refractivity contribution is -0.122. The van der Waals surface area contributed by atoms with E-state index < -0.39 is 0 Å². The Balaban J connectivity index is 1.71. The number of hydrogen-bond donors (Lipinski definition) is 2. The molecule has 0 saturated carbocycles. The summed E-state index contributed by atoms with van der Waals surface area (Å²) < 4.78 is 6.91. The molecule has 2 rings (SSSR count). The van der Waals surface area contributed by atoms with Crippen molar-refractivity contribution in [3.05, 3.63) is 12.4 Å². The highest BCUT2D eigenvalue weighted by atomic mass is 16.5. The summed E-state index contributed by atoms with van der Waals surface area (Å²) in [5.74, 6) is -0.0707. The first kappa shape index (κ1) is 10.9. The molecule has 0 spiro atoms. The van der Waals surface area contributed by atoms with Crippen LogP contribution >= 0.6 is 0 Å². The van der Waals surface area contributed by atoms with Crippen molar-refractivity contribution in [2.24, 2.45) is 0 Å². The molecule has 1 fully saturated rings. The van der Waals surface area contributed by atoms with Gasteiger partial charge in [-0.25, -0.2) is 0 Å². The number of nitrogen functional groups attached to an aromatic ring is 1. The lowest BCUT2D eigenvalue weighted by Crippen LogP contribution is -2.34. The van der Waals surface area contributed by atoms with E-state index >= 15 is 0 Å². The van der Waals surface area contributed by atoms with Crippen molar-refractivity contribution in [1.29, 1.82) is 0 Å². The van der Waals surface area contributed by atoms with E-state index in [0.717, 1.165) is 19.4 Å². The SMILES string of the molecule is Nc1cnn(CC(=O)NCC2CCCO2)c1. The van der Waals surface area contributed by atoms with E-state index in [1.54, 1.807) is 6.20 Å². The number of nitrogens with two attached hydrogens (primary N) is 1. The Morgan fingerprint density at radius 2 is 2.62 bits per heavy atom. The topological polar surface area (TPSA) is 82.2 Å². The number of carbonyl (C=O) groups is 1. The summed E-state index contributed by atoms with van der Waals surface area (Å²) in [4.78, 5) is 11.5. The number of amides is 1. The van der Waals surface area contributed by atoms with E-state index in [1.807, 2.05) is 0 Å². The van der Waals surface area contributed by atoms with Crippen LogP contribution in [0, 0.1) is 0 Å². The number of aromatic nitrogens is 2. The minimum absolute atomic E-state index is 0.0707. The van der Waals surface area contributed by atoms with Gasteiger partial charge < -0.3 is 15.8 Å². The van der Waals surface area contributed by atoms with Crippen molar-refractivity contribution >= 4 is 11.6 Å². The molecule has 1 aromatic rings. The molecule has 1 saturated heterocycles. The Labute approximate surface area is 93.8 Å². The fraction of sp³-hybridized carbons (Fsp3) is 0.600. The Morgan fingerprint density at radius 1 is 1.75 bits per heavy atom. The second-order valence-electron chi connectivity index (χ2n) is 3.91. The van der Waals surface area contributed by atoms with Crippen molar-refractivity contribution in [1.82, 2.24) is 15.1 Å². The van der Waals surface area contributed by atoms with Gasteiger partial charge in [0.1, 0.15) is 6.54 Å². The van der Waals surface area contributed by atoms with Crippen LogP contribution < -0.4 is 11.1 Å². The highest BCUT2D eigenvalue weighted by Crippen LogP contribution is 2.10. The summed E-state index contributed by atoms with van der Waals surface area (Å²) in [6.45, 7) is 1.58. The molecule has 1 amide bonds. The molecular formula is C10H16N4O2. The van der Waals surface area contributed by atoms with Crippen LogP contribution in [0.4, 0.5) is 5.69 Å². The maximum Gasteiger partial charge on any atom is 0.241 e. The van der Waals surface area contributed by atoms with Gasteiger partial charge in [-0.3, -0.25) is 9.48 Å². The van der Waals surface area contributed by atoms with Crippen molar-refractivity contribution in [3.63, 3.8) is 0 Å². The summed E-state index contributed by atoms with van der Waals surface area (Å²) in [6, 6.07) is 0. The van der Waals surface area contributed by atoms with Gasteiger partial charge in [-0.1, -0.05) is 0 Å². The molecule has 6 nitrogen and oxygen atoms in total. The average molecular weight is 224 g/mol. The highest BCUT2D eigenvalue weighted by Gasteiger charge is 2.16. The fourth-order valence-electron chi connectivity index (χ4n) is 1.70. The minimum Gasteiger partial charge on any atom is -0.396 e. The Morgan fingerprint density at radius 3 is 3.25 bits per heavy atom. The number of anilines is 1. The van der Waals surface area contributed by atoms with Gasteiger partial charge in [-0.05, 0) is 12.8 Å². The van der Waals surface area contributed by atoms with Gasteiger partial charge in [0.25, 0.3) is 0 Å². The molecule has 3 N–H and O–H groups in total. The molecule has 88 valence electrons. The largest absolute Gasteiger partial charge is 0.396 e. The van der Waals surface area contributed by atoms with Crippen molar-refractivity contribution in [3.8, 4) is 0 Å². The Bertz CT molecular complexity index is 357. The van der Waals surface area contributed by atoms with Crippen LogP contribution in [-0.2, 0) is 16.1 Å². The molecule has 0 radical (unpaired) electrons. The van der Waals surface area contributed by atoms with E-state index in [2.05, 4.69) is 10.4 Å². The molecule has 0 aromatic carbocycles. The molecule has 16 heavy (non-hydrogen) atoms. The van der Waals surface area contributed by atoms with Crippen LogP contribution in [0.1, 0.15) is 12.8 Å². The van der Waals surface area contributed by atoms with Gasteiger partial charge in [-0.2, -0.15) is 5.10 Å². The molecule has 0 aliphatic carbocycles. The number of hydrogen-bond acceptors (Lipinski definition) is 4. The van der Waals surface area contributed by atoms with Crippen LogP contribution in [0.5, 0.6) is 0 Å². The lowest BCUT2D eigenvalue weighted by Gasteiger charge is -2.10. The number of rotatable bonds is 4. The van der Waals surface area contributed by atoms with Gasteiger partial charge >= 0.3 is 0 Å². The van der Waals surface area contributed by atoms with Crippen molar-refractivity contribution in [2.75, 3.05) is 18.9 Å². The monoisotopic (exact) mass is 224 g/mol. The minimum atomic E-state index is -0.0707. The van der Waals surface area contributed by atoms with E-state index in [0.29, 0.717) is 12.2 Å². The molecule has 1 atom stereocenters. The third kappa shape index (κ3) is 2.96. The van der Waals surface area contributed by atoms with Crippen LogP contribution in [0.2, 0.25) is 0 Å². The molecule has 1 unspecified atom stereocenters. The second-order valence-corrected chi connectivity index (χ2v) is 3.91. The number of carbonyl (C=O) groups excluding carboxylic acids is 1. The van der Waals surface area contributed by atoms with Crippen LogP contribution in [0.3, 0.4) is 0 Å². The van der Waals surface area contributed by atoms with Crippen LogP contribution in [-0.4, -0.2) is 34.9 Å². The third-order valence-corrected chi connectivity index (χ3v) is 2.51. The quantitative estimate of drug-likeness (QED) is 0.739. The van der Waals surface area contributed by atoms with Crippen LogP contribution in [0.25, 0.3) is 0 Å². The molecular weight excluding hydrogens is 208 g/mol.